The number of methoxy groups -OCH3 is 2. The zero-order valence-electron chi connectivity index (χ0n) is 11.3. The number of ether oxygens (including phenoxy) is 3. The highest BCUT2D eigenvalue weighted by Gasteiger charge is 2.35. The van der Waals surface area contributed by atoms with Crippen LogP contribution in [0.25, 0.3) is 6.08 Å². The molecule has 0 saturated heterocycles. The molecule has 1 unspecified atom stereocenters. The lowest BCUT2D eigenvalue weighted by molar-refractivity contribution is 0.0599. The largest absolute Gasteiger partial charge is 0.495 e. The topological polar surface area (TPSA) is 44.8 Å². The average molecular weight is 339 g/mol. The van der Waals surface area contributed by atoms with E-state index in [2.05, 4.69) is 15.9 Å². The average Bonchev–Trinajstić information content (AvgIpc) is 3.31. The predicted octanol–water partition coefficient (Wildman–Crippen LogP) is 3.43. The van der Waals surface area contributed by atoms with Crippen molar-refractivity contribution in [3.8, 4) is 11.5 Å². The maximum atomic E-state index is 11.9. The van der Waals surface area contributed by atoms with Crippen LogP contribution in [0.1, 0.15) is 28.8 Å². The summed E-state index contributed by atoms with van der Waals surface area (Å²) in [6, 6.07) is 1.67. The van der Waals surface area contributed by atoms with Gasteiger partial charge in [0.1, 0.15) is 22.1 Å². The number of carbonyl (C=O) groups is 1. The molecule has 0 aromatic heterocycles. The Balaban J connectivity index is 2.10. The van der Waals surface area contributed by atoms with Crippen LogP contribution in [0.3, 0.4) is 0 Å². The molecule has 1 aliphatic carbocycles. The van der Waals surface area contributed by atoms with E-state index in [1.165, 1.54) is 20.0 Å². The second kappa shape index (κ2) is 5.13. The van der Waals surface area contributed by atoms with E-state index in [1.807, 2.05) is 12.2 Å². The van der Waals surface area contributed by atoms with Crippen LogP contribution in [0.2, 0.25) is 0 Å². The highest BCUT2D eigenvalue weighted by Crippen LogP contribution is 2.46. The molecule has 1 fully saturated rings. The molecule has 5 heteroatoms. The first kappa shape index (κ1) is 13.5. The van der Waals surface area contributed by atoms with E-state index in [0.717, 1.165) is 10.0 Å². The van der Waals surface area contributed by atoms with Gasteiger partial charge in [-0.25, -0.2) is 4.79 Å². The molecule has 0 radical (unpaired) electrons. The van der Waals surface area contributed by atoms with Gasteiger partial charge in [-0.2, -0.15) is 0 Å². The number of hydrogen-bond acceptors (Lipinski definition) is 4. The van der Waals surface area contributed by atoms with Gasteiger partial charge in [-0.15, -0.1) is 0 Å². The van der Waals surface area contributed by atoms with Gasteiger partial charge in [0.2, 0.25) is 0 Å². The summed E-state index contributed by atoms with van der Waals surface area (Å²) in [7, 11) is 2.92. The minimum atomic E-state index is -0.398. The zero-order valence-corrected chi connectivity index (χ0v) is 12.9. The van der Waals surface area contributed by atoms with Crippen molar-refractivity contribution in [2.24, 2.45) is 5.92 Å². The Morgan fingerprint density at radius 1 is 1.40 bits per heavy atom. The van der Waals surface area contributed by atoms with Crippen LogP contribution in [-0.2, 0) is 4.74 Å². The van der Waals surface area contributed by atoms with Gasteiger partial charge in [-0.1, -0.05) is 6.08 Å². The number of fused-ring (bicyclic) bond motifs is 1. The lowest BCUT2D eigenvalue weighted by Crippen LogP contribution is -2.21. The van der Waals surface area contributed by atoms with Crippen LogP contribution < -0.4 is 9.47 Å². The summed E-state index contributed by atoms with van der Waals surface area (Å²) in [5.41, 5.74) is 1.19. The molecule has 0 amide bonds. The van der Waals surface area contributed by atoms with Gasteiger partial charge in [0.25, 0.3) is 0 Å². The van der Waals surface area contributed by atoms with Crippen molar-refractivity contribution in [3.05, 3.63) is 27.7 Å². The van der Waals surface area contributed by atoms with E-state index < -0.39 is 5.97 Å². The summed E-state index contributed by atoms with van der Waals surface area (Å²) in [5.74, 6) is 1.40. The second-order valence-electron chi connectivity index (χ2n) is 4.95. The first-order valence-corrected chi connectivity index (χ1v) is 7.28. The monoisotopic (exact) mass is 338 g/mol. The molecule has 1 aromatic rings. The number of rotatable bonds is 3. The molecule has 1 aromatic carbocycles. The Labute approximate surface area is 125 Å². The Bertz CT molecular complexity index is 590. The lowest BCUT2D eigenvalue weighted by atomic mass is 10.0. The first-order valence-electron chi connectivity index (χ1n) is 6.49. The molecular formula is C15H15BrO4. The molecule has 1 aliphatic heterocycles. The van der Waals surface area contributed by atoms with E-state index in [1.54, 1.807) is 13.2 Å². The molecule has 106 valence electrons. The van der Waals surface area contributed by atoms with Crippen LogP contribution in [0.15, 0.2) is 16.6 Å². The van der Waals surface area contributed by atoms with Crippen LogP contribution >= 0.6 is 15.9 Å². The Morgan fingerprint density at radius 3 is 2.75 bits per heavy atom. The third-order valence-electron chi connectivity index (χ3n) is 3.64. The molecule has 1 saturated carbocycles. The Morgan fingerprint density at radius 2 is 2.15 bits per heavy atom. The summed E-state index contributed by atoms with van der Waals surface area (Å²) in [6.45, 7) is 0. The normalized spacial score (nSPS) is 20.1. The third kappa shape index (κ3) is 2.20. The molecule has 0 N–H and O–H groups in total. The van der Waals surface area contributed by atoms with Gasteiger partial charge in [-0.05, 0) is 46.8 Å². The molecule has 2 aliphatic rings. The smallest absolute Gasteiger partial charge is 0.338 e. The molecule has 0 spiro atoms. The molecule has 20 heavy (non-hydrogen) atoms. The van der Waals surface area contributed by atoms with Gasteiger partial charge in [0.05, 0.1) is 19.8 Å². The van der Waals surface area contributed by atoms with E-state index >= 15 is 0 Å². The molecule has 4 nitrogen and oxygen atoms in total. The van der Waals surface area contributed by atoms with E-state index in [0.29, 0.717) is 23.0 Å². The predicted molar refractivity (Wildman–Crippen MR) is 78.2 cm³/mol. The summed E-state index contributed by atoms with van der Waals surface area (Å²) in [4.78, 5) is 11.9. The van der Waals surface area contributed by atoms with Crippen LogP contribution in [0.4, 0.5) is 0 Å². The molecular weight excluding hydrogens is 324 g/mol. The van der Waals surface area contributed by atoms with Gasteiger partial charge in [0.15, 0.2) is 0 Å². The highest BCUT2D eigenvalue weighted by atomic mass is 79.9. The van der Waals surface area contributed by atoms with Crippen molar-refractivity contribution < 1.29 is 19.0 Å². The van der Waals surface area contributed by atoms with Crippen molar-refractivity contribution in [2.75, 3.05) is 14.2 Å². The van der Waals surface area contributed by atoms with E-state index in [4.69, 9.17) is 14.2 Å². The standard InChI is InChI=1S/C15H15BrO4/c1-18-12-7-10(15(17)19-2)9-5-6-11(8-3-4-8)20-14(9)13(12)16/h5-8,11H,3-4H2,1-2H3. The van der Waals surface area contributed by atoms with Gasteiger partial charge >= 0.3 is 5.97 Å². The summed E-state index contributed by atoms with van der Waals surface area (Å²) in [6.07, 6.45) is 6.42. The quantitative estimate of drug-likeness (QED) is 0.792. The van der Waals surface area contributed by atoms with Crippen molar-refractivity contribution in [3.63, 3.8) is 0 Å². The Kier molecular flexibility index (Phi) is 3.46. The lowest BCUT2D eigenvalue weighted by Gasteiger charge is -2.24. The second-order valence-corrected chi connectivity index (χ2v) is 5.75. The summed E-state index contributed by atoms with van der Waals surface area (Å²) < 4.78 is 16.9. The molecule has 0 bridgehead atoms. The SMILES string of the molecule is COC(=O)c1cc(OC)c(Br)c2c1C=CC(C1CC1)O2. The maximum absolute atomic E-state index is 11.9. The van der Waals surface area contributed by atoms with Gasteiger partial charge in [-0.3, -0.25) is 0 Å². The van der Waals surface area contributed by atoms with Crippen molar-refractivity contribution >= 4 is 28.0 Å². The number of benzene rings is 1. The Hall–Kier alpha value is -1.49. The van der Waals surface area contributed by atoms with Crippen LogP contribution in [0.5, 0.6) is 11.5 Å². The maximum Gasteiger partial charge on any atom is 0.338 e. The molecule has 1 heterocycles. The molecule has 3 rings (SSSR count). The van der Waals surface area contributed by atoms with Crippen LogP contribution in [0, 0.1) is 5.92 Å². The fourth-order valence-corrected chi connectivity index (χ4v) is 2.96. The number of carbonyl (C=O) groups excluding carboxylic acids is 1. The summed E-state index contributed by atoms with van der Waals surface area (Å²) >= 11 is 3.49. The van der Waals surface area contributed by atoms with E-state index in [-0.39, 0.29) is 6.10 Å². The fraction of sp³-hybridized carbons (Fsp3) is 0.400. The third-order valence-corrected chi connectivity index (χ3v) is 4.40. The number of hydrogen-bond donors (Lipinski definition) is 0. The van der Waals surface area contributed by atoms with Gasteiger partial charge < -0.3 is 14.2 Å². The van der Waals surface area contributed by atoms with Crippen LogP contribution in [-0.4, -0.2) is 26.3 Å². The minimum Gasteiger partial charge on any atom is -0.495 e. The molecule has 1 atom stereocenters. The number of halogens is 1. The van der Waals surface area contributed by atoms with Crippen molar-refractivity contribution in [2.45, 2.75) is 18.9 Å². The minimum absolute atomic E-state index is 0.0800. The zero-order chi connectivity index (χ0) is 14.3. The van der Waals surface area contributed by atoms with Gasteiger partial charge in [0, 0.05) is 5.56 Å². The number of esters is 1. The fourth-order valence-electron chi connectivity index (χ4n) is 2.38. The first-order chi connectivity index (χ1) is 9.65. The van der Waals surface area contributed by atoms with Crippen molar-refractivity contribution in [1.29, 1.82) is 0 Å². The summed E-state index contributed by atoms with van der Waals surface area (Å²) in [5, 5.41) is 0. The highest BCUT2D eigenvalue weighted by molar-refractivity contribution is 9.10. The van der Waals surface area contributed by atoms with E-state index in [9.17, 15) is 4.79 Å². The van der Waals surface area contributed by atoms with Crippen molar-refractivity contribution in [1.82, 2.24) is 0 Å².